The van der Waals surface area contributed by atoms with Crippen molar-refractivity contribution in [1.29, 1.82) is 0 Å². The fraction of sp³-hybridized carbons (Fsp3) is 0. The Balaban J connectivity index is 2.30. The van der Waals surface area contributed by atoms with Gasteiger partial charge in [0, 0.05) is 15.2 Å². The molecule has 1 aromatic carbocycles. The molecule has 3 nitrogen and oxygen atoms in total. The smallest absolute Gasteiger partial charge is 0.272 e. The van der Waals surface area contributed by atoms with Gasteiger partial charge in [-0.05, 0) is 51.6 Å². The average Bonchev–Trinajstić information content (AvgIpc) is 2.68. The molecule has 1 aromatic heterocycles. The highest BCUT2D eigenvalue weighted by molar-refractivity contribution is 9.10. The number of thiophene rings is 1. The maximum atomic E-state index is 12.0. The van der Waals surface area contributed by atoms with Crippen LogP contribution in [0.4, 0.5) is 5.69 Å². The van der Waals surface area contributed by atoms with Gasteiger partial charge in [0.1, 0.15) is 0 Å². The first-order valence-corrected chi connectivity index (χ1v) is 8.04. The van der Waals surface area contributed by atoms with Crippen LogP contribution in [0.3, 0.4) is 0 Å². The SMILES string of the molecule is O=S(=O)(Nc1ccc(Cl)cc1)c1sccc1Br. The summed E-state index contributed by atoms with van der Waals surface area (Å²) in [6.07, 6.45) is 0. The van der Waals surface area contributed by atoms with Crippen LogP contribution in [-0.4, -0.2) is 8.42 Å². The zero-order chi connectivity index (χ0) is 12.5. The second kappa shape index (κ2) is 4.97. The fourth-order valence-corrected chi connectivity index (χ4v) is 4.71. The van der Waals surface area contributed by atoms with Gasteiger partial charge in [-0.2, -0.15) is 0 Å². The number of anilines is 1. The lowest BCUT2D eigenvalue weighted by molar-refractivity contribution is 0.603. The first-order chi connectivity index (χ1) is 7.99. The number of sulfonamides is 1. The lowest BCUT2D eigenvalue weighted by Gasteiger charge is -2.06. The maximum Gasteiger partial charge on any atom is 0.272 e. The van der Waals surface area contributed by atoms with Crippen molar-refractivity contribution in [2.75, 3.05) is 4.72 Å². The van der Waals surface area contributed by atoms with Crippen LogP contribution in [0.25, 0.3) is 0 Å². The Hall–Kier alpha value is -0.560. The summed E-state index contributed by atoms with van der Waals surface area (Å²) in [5.41, 5.74) is 0.481. The van der Waals surface area contributed by atoms with Gasteiger partial charge in [-0.1, -0.05) is 11.6 Å². The maximum absolute atomic E-state index is 12.0. The average molecular weight is 353 g/mol. The van der Waals surface area contributed by atoms with Gasteiger partial charge >= 0.3 is 0 Å². The van der Waals surface area contributed by atoms with Gasteiger partial charge < -0.3 is 0 Å². The molecule has 0 spiro atoms. The Kier molecular flexibility index (Phi) is 3.77. The number of hydrogen-bond acceptors (Lipinski definition) is 3. The van der Waals surface area contributed by atoms with Crippen molar-refractivity contribution in [2.24, 2.45) is 0 Å². The summed E-state index contributed by atoms with van der Waals surface area (Å²) in [6.45, 7) is 0. The summed E-state index contributed by atoms with van der Waals surface area (Å²) in [6, 6.07) is 8.18. The van der Waals surface area contributed by atoms with Crippen LogP contribution in [0.2, 0.25) is 5.02 Å². The number of hydrogen-bond donors (Lipinski definition) is 1. The van der Waals surface area contributed by atoms with Crippen LogP contribution in [0.15, 0.2) is 44.4 Å². The van der Waals surface area contributed by atoms with Gasteiger partial charge in [0.25, 0.3) is 10.0 Å². The molecule has 2 rings (SSSR count). The molecule has 0 radical (unpaired) electrons. The lowest BCUT2D eigenvalue weighted by Crippen LogP contribution is -2.11. The molecule has 0 amide bonds. The van der Waals surface area contributed by atoms with E-state index < -0.39 is 10.0 Å². The van der Waals surface area contributed by atoms with E-state index in [1.54, 1.807) is 35.7 Å². The molecule has 7 heteroatoms. The molecule has 0 bridgehead atoms. The molecule has 0 unspecified atom stereocenters. The number of rotatable bonds is 3. The van der Waals surface area contributed by atoms with E-state index in [4.69, 9.17) is 11.6 Å². The van der Waals surface area contributed by atoms with Crippen LogP contribution in [-0.2, 0) is 10.0 Å². The summed E-state index contributed by atoms with van der Waals surface area (Å²) in [7, 11) is -3.53. The molecule has 2 aromatic rings. The van der Waals surface area contributed by atoms with Crippen LogP contribution in [0, 0.1) is 0 Å². The first-order valence-electron chi connectivity index (χ1n) is 4.50. The normalized spacial score (nSPS) is 11.4. The minimum atomic E-state index is -3.53. The minimum absolute atomic E-state index is 0.257. The Morgan fingerprint density at radius 3 is 2.35 bits per heavy atom. The fourth-order valence-electron chi connectivity index (χ4n) is 1.19. The van der Waals surface area contributed by atoms with Crippen molar-refractivity contribution in [3.05, 3.63) is 45.2 Å². The van der Waals surface area contributed by atoms with Crippen LogP contribution in [0.5, 0.6) is 0 Å². The molecule has 0 aliphatic rings. The molecule has 0 saturated heterocycles. The zero-order valence-corrected chi connectivity index (χ0v) is 12.3. The van der Waals surface area contributed by atoms with Crippen LogP contribution < -0.4 is 4.72 Å². The van der Waals surface area contributed by atoms with Crippen LogP contribution in [0.1, 0.15) is 0 Å². The second-order valence-electron chi connectivity index (χ2n) is 3.17. The molecule has 1 N–H and O–H groups in total. The van der Waals surface area contributed by atoms with Crippen molar-refractivity contribution in [1.82, 2.24) is 0 Å². The third-order valence-corrected chi connectivity index (χ3v) is 6.23. The van der Waals surface area contributed by atoms with E-state index in [2.05, 4.69) is 20.7 Å². The van der Waals surface area contributed by atoms with Crippen molar-refractivity contribution in [3.8, 4) is 0 Å². The van der Waals surface area contributed by atoms with E-state index in [1.165, 1.54) is 0 Å². The molecule has 90 valence electrons. The van der Waals surface area contributed by atoms with E-state index in [1.807, 2.05) is 0 Å². The van der Waals surface area contributed by atoms with Crippen LogP contribution >= 0.6 is 38.9 Å². The molecule has 0 saturated carbocycles. The van der Waals surface area contributed by atoms with Gasteiger partial charge in [-0.15, -0.1) is 11.3 Å². The largest absolute Gasteiger partial charge is 0.279 e. The molecular weight excluding hydrogens is 346 g/mol. The Morgan fingerprint density at radius 2 is 1.82 bits per heavy atom. The van der Waals surface area contributed by atoms with E-state index in [-0.39, 0.29) is 4.21 Å². The third-order valence-electron chi connectivity index (χ3n) is 1.92. The van der Waals surface area contributed by atoms with Crippen molar-refractivity contribution in [2.45, 2.75) is 4.21 Å². The highest BCUT2D eigenvalue weighted by Gasteiger charge is 2.18. The minimum Gasteiger partial charge on any atom is -0.279 e. The molecule has 1 heterocycles. The van der Waals surface area contributed by atoms with E-state index >= 15 is 0 Å². The van der Waals surface area contributed by atoms with E-state index in [0.29, 0.717) is 15.2 Å². The molecular formula is C10H7BrClNO2S2. The van der Waals surface area contributed by atoms with Crippen molar-refractivity contribution < 1.29 is 8.42 Å². The van der Waals surface area contributed by atoms with Gasteiger partial charge in [0.15, 0.2) is 4.21 Å². The topological polar surface area (TPSA) is 46.2 Å². The molecule has 0 fully saturated rings. The first kappa shape index (κ1) is 12.9. The summed E-state index contributed by atoms with van der Waals surface area (Å²) < 4.78 is 27.3. The Bertz CT molecular complexity index is 622. The summed E-state index contributed by atoms with van der Waals surface area (Å²) >= 11 is 10.1. The van der Waals surface area contributed by atoms with Crippen molar-refractivity contribution >= 4 is 54.6 Å². The zero-order valence-electron chi connectivity index (χ0n) is 8.35. The number of halogens is 2. The highest BCUT2D eigenvalue weighted by Crippen LogP contribution is 2.29. The third kappa shape index (κ3) is 3.01. The van der Waals surface area contributed by atoms with Crippen molar-refractivity contribution in [3.63, 3.8) is 0 Å². The van der Waals surface area contributed by atoms with E-state index in [0.717, 1.165) is 11.3 Å². The van der Waals surface area contributed by atoms with Gasteiger partial charge in [0.2, 0.25) is 0 Å². The predicted octanol–water partition coefficient (Wildman–Crippen LogP) is 3.96. The highest BCUT2D eigenvalue weighted by atomic mass is 79.9. The molecule has 0 atom stereocenters. The predicted molar refractivity (Wildman–Crippen MR) is 74.3 cm³/mol. The Labute approximate surface area is 117 Å². The number of benzene rings is 1. The summed E-state index contributed by atoms with van der Waals surface area (Å²) in [4.78, 5) is 0. The molecule has 0 aliphatic carbocycles. The monoisotopic (exact) mass is 351 g/mol. The quantitative estimate of drug-likeness (QED) is 0.908. The lowest BCUT2D eigenvalue weighted by atomic mass is 10.3. The van der Waals surface area contributed by atoms with Gasteiger partial charge in [-0.25, -0.2) is 8.42 Å². The number of nitrogens with one attached hydrogen (secondary N) is 1. The summed E-state index contributed by atoms with van der Waals surface area (Å²) in [5.74, 6) is 0. The standard InChI is InChI=1S/C10H7BrClNO2S2/c11-9-5-6-16-10(9)17(14,15)13-8-3-1-7(12)2-4-8/h1-6,13H. The second-order valence-corrected chi connectivity index (χ2v) is 7.25. The Morgan fingerprint density at radius 1 is 1.18 bits per heavy atom. The summed E-state index contributed by atoms with van der Waals surface area (Å²) in [5, 5.41) is 2.27. The molecule has 0 aliphatic heterocycles. The van der Waals surface area contributed by atoms with Gasteiger partial charge in [0.05, 0.1) is 0 Å². The molecule has 17 heavy (non-hydrogen) atoms. The van der Waals surface area contributed by atoms with E-state index in [9.17, 15) is 8.42 Å². The van der Waals surface area contributed by atoms with Gasteiger partial charge in [-0.3, -0.25) is 4.72 Å².